The molecule has 0 radical (unpaired) electrons. The minimum Gasteiger partial charge on any atom is -0.338 e. The molecule has 0 saturated carbocycles. The minimum absolute atomic E-state index is 0.162. The molecule has 0 atom stereocenters. The fraction of sp³-hybridized carbons (Fsp3) is 0.263. The van der Waals surface area contributed by atoms with E-state index in [0.717, 1.165) is 16.9 Å². The lowest BCUT2D eigenvalue weighted by Gasteiger charge is -2.21. The monoisotopic (exact) mass is 324 g/mol. The summed E-state index contributed by atoms with van der Waals surface area (Å²) in [7, 11) is 0. The Balaban J connectivity index is 1.81. The molecule has 23 heavy (non-hydrogen) atoms. The number of carbonyl (C=O) groups is 1. The molecule has 0 N–H and O–H groups in total. The number of thioether (sulfide) groups is 1. The average Bonchev–Trinajstić information content (AvgIpc) is 2.61. The number of nitriles is 1. The van der Waals surface area contributed by atoms with Crippen LogP contribution in [0.25, 0.3) is 0 Å². The minimum atomic E-state index is 0.162. The second-order valence-corrected chi connectivity index (χ2v) is 6.18. The third-order valence-electron chi connectivity index (χ3n) is 3.53. The summed E-state index contributed by atoms with van der Waals surface area (Å²) in [5.41, 5.74) is 2.95. The highest BCUT2D eigenvalue weighted by molar-refractivity contribution is 7.99. The van der Waals surface area contributed by atoms with Crippen LogP contribution >= 0.6 is 11.8 Å². The van der Waals surface area contributed by atoms with Crippen LogP contribution in [0.1, 0.15) is 23.6 Å². The van der Waals surface area contributed by atoms with Crippen LogP contribution in [0.5, 0.6) is 0 Å². The molecule has 3 nitrogen and oxygen atoms in total. The van der Waals surface area contributed by atoms with Crippen molar-refractivity contribution in [3.63, 3.8) is 0 Å². The van der Waals surface area contributed by atoms with E-state index >= 15 is 0 Å². The van der Waals surface area contributed by atoms with Crippen LogP contribution in [0, 0.1) is 11.3 Å². The highest BCUT2D eigenvalue weighted by Crippen LogP contribution is 2.14. The molecule has 0 bridgehead atoms. The van der Waals surface area contributed by atoms with E-state index < -0.39 is 0 Å². The van der Waals surface area contributed by atoms with E-state index in [2.05, 4.69) is 6.07 Å². The fourth-order valence-electron chi connectivity index (χ4n) is 2.20. The molecule has 2 rings (SSSR count). The second kappa shape index (κ2) is 9.02. The van der Waals surface area contributed by atoms with E-state index in [-0.39, 0.29) is 5.91 Å². The SMILES string of the molecule is CCN(Cc1ccccc1)C(=O)CSCc1ccc(C#N)cc1. The zero-order valence-corrected chi connectivity index (χ0v) is 14.1. The number of hydrogen-bond acceptors (Lipinski definition) is 3. The van der Waals surface area contributed by atoms with Gasteiger partial charge in [-0.05, 0) is 30.2 Å². The molecule has 0 aliphatic carbocycles. The van der Waals surface area contributed by atoms with Gasteiger partial charge in [-0.1, -0.05) is 42.5 Å². The van der Waals surface area contributed by atoms with E-state index in [9.17, 15) is 4.79 Å². The topological polar surface area (TPSA) is 44.1 Å². The Labute approximate surface area is 141 Å². The van der Waals surface area contributed by atoms with Gasteiger partial charge < -0.3 is 4.90 Å². The van der Waals surface area contributed by atoms with E-state index in [0.29, 0.717) is 24.4 Å². The smallest absolute Gasteiger partial charge is 0.232 e. The molecular weight excluding hydrogens is 304 g/mol. The maximum absolute atomic E-state index is 12.3. The molecule has 1 amide bonds. The van der Waals surface area contributed by atoms with Gasteiger partial charge in [0.25, 0.3) is 0 Å². The number of hydrogen-bond donors (Lipinski definition) is 0. The lowest BCUT2D eigenvalue weighted by molar-refractivity contribution is -0.128. The average molecular weight is 324 g/mol. The second-order valence-electron chi connectivity index (χ2n) is 5.20. The molecule has 2 aromatic carbocycles. The maximum atomic E-state index is 12.3. The number of amides is 1. The Bertz CT molecular complexity index is 662. The van der Waals surface area contributed by atoms with Crippen LogP contribution in [0.3, 0.4) is 0 Å². The van der Waals surface area contributed by atoms with E-state index in [1.165, 1.54) is 0 Å². The molecule has 2 aromatic rings. The lowest BCUT2D eigenvalue weighted by atomic mass is 10.2. The van der Waals surface area contributed by atoms with Gasteiger partial charge in [0, 0.05) is 18.8 Å². The predicted octanol–water partition coefficient (Wildman–Crippen LogP) is 3.84. The van der Waals surface area contributed by atoms with Crippen molar-refractivity contribution in [2.24, 2.45) is 0 Å². The molecule has 4 heteroatoms. The van der Waals surface area contributed by atoms with Gasteiger partial charge in [-0.25, -0.2) is 0 Å². The highest BCUT2D eigenvalue weighted by atomic mass is 32.2. The van der Waals surface area contributed by atoms with Crippen molar-refractivity contribution < 1.29 is 4.79 Å². The van der Waals surface area contributed by atoms with E-state index in [4.69, 9.17) is 5.26 Å². The third kappa shape index (κ3) is 5.46. The largest absolute Gasteiger partial charge is 0.338 e. The number of nitrogens with zero attached hydrogens (tertiary/aromatic N) is 2. The van der Waals surface area contributed by atoms with Crippen LogP contribution in [0.15, 0.2) is 54.6 Å². The summed E-state index contributed by atoms with van der Waals surface area (Å²) < 4.78 is 0. The van der Waals surface area contributed by atoms with Crippen molar-refractivity contribution in [1.82, 2.24) is 4.90 Å². The highest BCUT2D eigenvalue weighted by Gasteiger charge is 2.12. The summed E-state index contributed by atoms with van der Waals surface area (Å²) in [6.07, 6.45) is 0. The molecule has 0 aliphatic rings. The molecule has 0 spiro atoms. The van der Waals surface area contributed by atoms with Crippen LogP contribution in [-0.2, 0) is 17.1 Å². The third-order valence-corrected chi connectivity index (χ3v) is 4.52. The molecular formula is C19H20N2OS. The number of benzene rings is 2. The summed E-state index contributed by atoms with van der Waals surface area (Å²) in [5.74, 6) is 1.41. The summed E-state index contributed by atoms with van der Waals surface area (Å²) in [5, 5.41) is 8.78. The zero-order chi connectivity index (χ0) is 16.5. The number of carbonyl (C=O) groups excluding carboxylic acids is 1. The Morgan fingerprint density at radius 1 is 1.09 bits per heavy atom. The molecule has 118 valence electrons. The van der Waals surface area contributed by atoms with Crippen molar-refractivity contribution in [2.75, 3.05) is 12.3 Å². The van der Waals surface area contributed by atoms with Gasteiger partial charge in [0.1, 0.15) is 0 Å². The summed E-state index contributed by atoms with van der Waals surface area (Å²) >= 11 is 1.61. The molecule has 0 unspecified atom stereocenters. The molecule has 0 fully saturated rings. The van der Waals surface area contributed by atoms with Gasteiger partial charge in [0.2, 0.25) is 5.91 Å². The quantitative estimate of drug-likeness (QED) is 0.777. The van der Waals surface area contributed by atoms with Gasteiger partial charge in [0.05, 0.1) is 17.4 Å². The molecule has 0 heterocycles. The Morgan fingerprint density at radius 3 is 2.39 bits per heavy atom. The van der Waals surface area contributed by atoms with Crippen LogP contribution in [0.4, 0.5) is 0 Å². The first-order valence-corrected chi connectivity index (χ1v) is 8.77. The zero-order valence-electron chi connectivity index (χ0n) is 13.2. The summed E-state index contributed by atoms with van der Waals surface area (Å²) in [6, 6.07) is 19.7. The van der Waals surface area contributed by atoms with E-state index in [1.54, 1.807) is 11.8 Å². The van der Waals surface area contributed by atoms with Crippen molar-refractivity contribution in [2.45, 2.75) is 19.2 Å². The summed E-state index contributed by atoms with van der Waals surface area (Å²) in [6.45, 7) is 3.38. The fourth-order valence-corrected chi connectivity index (χ4v) is 3.09. The first-order chi connectivity index (χ1) is 11.2. The maximum Gasteiger partial charge on any atom is 0.232 e. The van der Waals surface area contributed by atoms with Crippen LogP contribution < -0.4 is 0 Å². The summed E-state index contributed by atoms with van der Waals surface area (Å²) in [4.78, 5) is 14.2. The Morgan fingerprint density at radius 2 is 1.78 bits per heavy atom. The van der Waals surface area contributed by atoms with Gasteiger partial charge >= 0.3 is 0 Å². The molecule has 0 aromatic heterocycles. The van der Waals surface area contributed by atoms with Crippen molar-refractivity contribution in [3.8, 4) is 6.07 Å². The van der Waals surface area contributed by atoms with Crippen molar-refractivity contribution in [3.05, 3.63) is 71.3 Å². The predicted molar refractivity (Wildman–Crippen MR) is 94.9 cm³/mol. The lowest BCUT2D eigenvalue weighted by Crippen LogP contribution is -2.31. The molecule has 0 saturated heterocycles. The first kappa shape index (κ1) is 17.1. The standard InChI is InChI=1S/C19H20N2OS/c1-2-21(13-17-6-4-3-5-7-17)19(22)15-23-14-18-10-8-16(12-20)9-11-18/h3-11H,2,13-15H2,1H3. The van der Waals surface area contributed by atoms with Gasteiger partial charge in [-0.2, -0.15) is 5.26 Å². The van der Waals surface area contributed by atoms with Crippen LogP contribution in [-0.4, -0.2) is 23.1 Å². The first-order valence-electron chi connectivity index (χ1n) is 7.61. The van der Waals surface area contributed by atoms with Gasteiger partial charge in [-0.3, -0.25) is 4.79 Å². The van der Waals surface area contributed by atoms with Crippen LogP contribution in [0.2, 0.25) is 0 Å². The number of rotatable bonds is 7. The molecule has 0 aliphatic heterocycles. The van der Waals surface area contributed by atoms with Gasteiger partial charge in [0.15, 0.2) is 0 Å². The Hall–Kier alpha value is -2.25. The normalized spacial score (nSPS) is 10.1. The van der Waals surface area contributed by atoms with Gasteiger partial charge in [-0.15, -0.1) is 11.8 Å². The Kier molecular flexibility index (Phi) is 6.71. The van der Waals surface area contributed by atoms with E-state index in [1.807, 2.05) is 66.4 Å². The van der Waals surface area contributed by atoms with Crippen molar-refractivity contribution >= 4 is 17.7 Å². The van der Waals surface area contributed by atoms with Crippen molar-refractivity contribution in [1.29, 1.82) is 5.26 Å².